The van der Waals surface area contributed by atoms with Crippen molar-refractivity contribution in [1.29, 1.82) is 0 Å². The van der Waals surface area contributed by atoms with Crippen LogP contribution in [0, 0.1) is 0 Å². The van der Waals surface area contributed by atoms with Crippen LogP contribution in [0.5, 0.6) is 0 Å². The van der Waals surface area contributed by atoms with Gasteiger partial charge in [-0.05, 0) is 0 Å². The lowest BCUT2D eigenvalue weighted by Crippen LogP contribution is -2.32. The van der Waals surface area contributed by atoms with E-state index in [1.807, 2.05) is 0 Å². The summed E-state index contributed by atoms with van der Waals surface area (Å²) in [5, 5.41) is 0. The number of hydrogen-bond acceptors (Lipinski definition) is 6. The number of halogens is 3. The Balaban J connectivity index is 2.20. The number of hydrogen-bond donors (Lipinski definition) is 0. The van der Waals surface area contributed by atoms with E-state index in [-0.39, 0.29) is 11.5 Å². The van der Waals surface area contributed by atoms with Gasteiger partial charge in [0.25, 0.3) is 0 Å². The maximum absolute atomic E-state index is 11.9. The van der Waals surface area contributed by atoms with Crippen molar-refractivity contribution in [2.45, 2.75) is 6.18 Å². The summed E-state index contributed by atoms with van der Waals surface area (Å²) in [6, 6.07) is -1.01. The first-order valence-corrected chi connectivity index (χ1v) is 3.99. The van der Waals surface area contributed by atoms with Gasteiger partial charge in [0.05, 0.1) is 0 Å². The predicted molar refractivity (Wildman–Crippen MR) is 48.0 cm³/mol. The summed E-state index contributed by atoms with van der Waals surface area (Å²) in [6.07, 6.45) is -4.21. The van der Waals surface area contributed by atoms with Crippen LogP contribution in [0.15, 0.2) is 20.0 Å². The van der Waals surface area contributed by atoms with Gasteiger partial charge >= 0.3 is 24.1 Å². The van der Waals surface area contributed by atoms with Gasteiger partial charge in [-0.2, -0.15) is 23.2 Å². The summed E-state index contributed by atoms with van der Waals surface area (Å²) in [7, 11) is 0. The van der Waals surface area contributed by atoms with E-state index in [2.05, 4.69) is 24.7 Å². The average Bonchev–Trinajstić information content (AvgIpc) is 2.64. The van der Waals surface area contributed by atoms with Crippen molar-refractivity contribution >= 4 is 35.8 Å². The molecule has 0 unspecified atom stereocenters. The fourth-order valence-electron chi connectivity index (χ4n) is 0.935. The lowest BCUT2D eigenvalue weighted by Gasteiger charge is -2.08. The predicted octanol–water partition coefficient (Wildman–Crippen LogP) is -0.130. The Bertz CT molecular complexity index is 529. The molecule has 17 heavy (non-hydrogen) atoms. The smallest absolute Gasteiger partial charge is 0.384 e. The van der Waals surface area contributed by atoms with Gasteiger partial charge in [0.15, 0.2) is 11.5 Å². The van der Waals surface area contributed by atoms with Gasteiger partial charge < -0.3 is 4.74 Å². The van der Waals surface area contributed by atoms with E-state index in [1.165, 1.54) is 0 Å². The number of esters is 1. The first-order valence-electron chi connectivity index (χ1n) is 3.99. The Labute approximate surface area is 90.4 Å². The van der Waals surface area contributed by atoms with Crippen LogP contribution in [0.3, 0.4) is 0 Å². The van der Waals surface area contributed by atoms with Crippen LogP contribution >= 0.6 is 0 Å². The Hall–Kier alpha value is -2.39. The molecule has 0 saturated carbocycles. The fraction of sp³-hybridized carbons (Fsp3) is 0.143. The van der Waals surface area contributed by atoms with Gasteiger partial charge in [0.2, 0.25) is 0 Å². The van der Waals surface area contributed by atoms with E-state index in [0.717, 1.165) is 6.34 Å². The summed E-state index contributed by atoms with van der Waals surface area (Å²) in [5.74, 6) is -3.73. The molecule has 2 rings (SSSR count). The van der Waals surface area contributed by atoms with Crippen molar-refractivity contribution in [2.24, 2.45) is 20.0 Å². The van der Waals surface area contributed by atoms with E-state index in [1.54, 1.807) is 0 Å². The average molecular weight is 246 g/mol. The Kier molecular flexibility index (Phi) is 2.33. The largest absolute Gasteiger partial charge is 0.491 e. The van der Waals surface area contributed by atoms with Crippen LogP contribution in [0.25, 0.3) is 0 Å². The van der Waals surface area contributed by atoms with Crippen molar-refractivity contribution in [2.75, 3.05) is 0 Å². The molecule has 0 saturated heterocycles. The van der Waals surface area contributed by atoms with Crippen molar-refractivity contribution in [3.05, 3.63) is 0 Å². The number of amidine groups is 2. The van der Waals surface area contributed by atoms with Crippen LogP contribution in [0.1, 0.15) is 0 Å². The monoisotopic (exact) mass is 246 g/mol. The molecule has 0 fully saturated rings. The lowest BCUT2D eigenvalue weighted by atomic mass is 10.3. The number of carbonyl (C=O) groups excluding carboxylic acids is 2. The highest BCUT2D eigenvalue weighted by molar-refractivity contribution is 6.71. The van der Waals surface area contributed by atoms with Gasteiger partial charge in [0, 0.05) is 0 Å². The minimum absolute atomic E-state index is 0.211. The first-order chi connectivity index (χ1) is 7.88. The molecule has 0 aromatic carbocycles. The number of nitrogens with zero attached hydrogens (tertiary/aromatic N) is 4. The Morgan fingerprint density at radius 2 is 2.00 bits per heavy atom. The molecule has 2 heterocycles. The number of carbonyl (C=O) groups is 2. The van der Waals surface area contributed by atoms with E-state index < -0.39 is 24.1 Å². The van der Waals surface area contributed by atoms with Gasteiger partial charge in [-0.1, -0.05) is 0 Å². The van der Waals surface area contributed by atoms with Crippen LogP contribution < -0.4 is 0 Å². The van der Waals surface area contributed by atoms with E-state index in [9.17, 15) is 22.8 Å². The maximum atomic E-state index is 11.9. The standard InChI is InChI=1S/C7HF3N4O3/c8-7(9,10)5(16)17-6-13-3-2(4(15)14-6)11-1-12-3/h1H. The number of rotatable bonds is 0. The van der Waals surface area contributed by atoms with Crippen LogP contribution in [0.4, 0.5) is 13.2 Å². The van der Waals surface area contributed by atoms with Crippen molar-refractivity contribution in [1.82, 2.24) is 0 Å². The molecular weight excluding hydrogens is 245 g/mol. The molecule has 2 aliphatic rings. The first kappa shape index (κ1) is 11.1. The third-order valence-corrected chi connectivity index (χ3v) is 1.60. The minimum Gasteiger partial charge on any atom is -0.384 e. The van der Waals surface area contributed by atoms with Crippen LogP contribution in [0.2, 0.25) is 0 Å². The number of alkyl halides is 3. The molecular formula is C7HF3N4O3. The quantitative estimate of drug-likeness (QED) is 0.557. The van der Waals surface area contributed by atoms with Gasteiger partial charge in [-0.15, -0.1) is 0 Å². The molecule has 0 aliphatic carbocycles. The number of amides is 1. The highest BCUT2D eigenvalue weighted by Crippen LogP contribution is 2.17. The molecule has 0 radical (unpaired) electrons. The molecule has 0 N–H and O–H groups in total. The van der Waals surface area contributed by atoms with Gasteiger partial charge in [0.1, 0.15) is 6.34 Å². The van der Waals surface area contributed by atoms with Gasteiger partial charge in [-0.25, -0.2) is 14.8 Å². The molecule has 0 aromatic rings. The van der Waals surface area contributed by atoms with Crippen molar-refractivity contribution in [3.63, 3.8) is 0 Å². The molecule has 7 nitrogen and oxygen atoms in total. The second-order valence-electron chi connectivity index (χ2n) is 2.74. The fourth-order valence-corrected chi connectivity index (χ4v) is 0.935. The zero-order valence-electron chi connectivity index (χ0n) is 7.72. The summed E-state index contributed by atoms with van der Waals surface area (Å²) >= 11 is 0. The number of fused-ring (bicyclic) bond motifs is 1. The molecule has 10 heteroatoms. The maximum Gasteiger partial charge on any atom is 0.491 e. The Morgan fingerprint density at radius 1 is 1.29 bits per heavy atom. The topological polar surface area (TPSA) is 92.8 Å². The van der Waals surface area contributed by atoms with E-state index in [0.29, 0.717) is 0 Å². The van der Waals surface area contributed by atoms with Crippen LogP contribution in [-0.2, 0) is 14.3 Å². The lowest BCUT2D eigenvalue weighted by molar-refractivity contribution is -0.191. The second kappa shape index (κ2) is 3.57. The normalized spacial score (nSPS) is 18.3. The summed E-state index contributed by atoms with van der Waals surface area (Å²) in [4.78, 5) is 34.9. The Morgan fingerprint density at radius 3 is 2.65 bits per heavy atom. The molecule has 0 atom stereocenters. The minimum atomic E-state index is -5.20. The molecule has 2 aliphatic heterocycles. The molecule has 0 bridgehead atoms. The third-order valence-electron chi connectivity index (χ3n) is 1.60. The highest BCUT2D eigenvalue weighted by atomic mass is 19.4. The van der Waals surface area contributed by atoms with E-state index in [4.69, 9.17) is 0 Å². The summed E-state index contributed by atoms with van der Waals surface area (Å²) < 4.78 is 39.3. The molecule has 1 amide bonds. The SMILES string of the molecule is O=C1N=C(OC(=O)C(F)(F)F)N=C2N=CN=C12. The third kappa shape index (κ3) is 2.09. The van der Waals surface area contributed by atoms with Crippen molar-refractivity contribution < 1.29 is 27.5 Å². The zero-order valence-corrected chi connectivity index (χ0v) is 7.72. The summed E-state index contributed by atoms with van der Waals surface area (Å²) in [6.45, 7) is 0. The van der Waals surface area contributed by atoms with Crippen LogP contribution in [-0.4, -0.2) is 42.0 Å². The van der Waals surface area contributed by atoms with E-state index >= 15 is 0 Å². The molecule has 0 spiro atoms. The highest BCUT2D eigenvalue weighted by Gasteiger charge is 2.43. The molecule has 0 aromatic heterocycles. The number of ether oxygens (including phenoxy) is 1. The molecule has 88 valence electrons. The zero-order chi connectivity index (χ0) is 12.6. The summed E-state index contributed by atoms with van der Waals surface area (Å²) in [5.41, 5.74) is -0.211. The van der Waals surface area contributed by atoms with Gasteiger partial charge in [-0.3, -0.25) is 4.79 Å². The second-order valence-corrected chi connectivity index (χ2v) is 2.74. The number of aliphatic imine (C=N–C) groups is 4. The van der Waals surface area contributed by atoms with Crippen molar-refractivity contribution in [3.8, 4) is 0 Å².